The van der Waals surface area contributed by atoms with Gasteiger partial charge in [-0.25, -0.2) is 4.79 Å². The van der Waals surface area contributed by atoms with Gasteiger partial charge in [-0.15, -0.1) is 0 Å². The van der Waals surface area contributed by atoms with Gasteiger partial charge in [-0.05, 0) is 11.6 Å². The minimum atomic E-state index is -0.922. The lowest BCUT2D eigenvalue weighted by Crippen LogP contribution is -2.29. The van der Waals surface area contributed by atoms with Crippen LogP contribution in [-0.4, -0.2) is 22.6 Å². The second-order valence-corrected chi connectivity index (χ2v) is 3.24. The first-order chi connectivity index (χ1) is 7.29. The third-order valence-corrected chi connectivity index (χ3v) is 2.27. The van der Waals surface area contributed by atoms with Crippen molar-refractivity contribution in [1.82, 2.24) is 4.90 Å². The molecule has 0 radical (unpaired) electrons. The zero-order valence-corrected chi connectivity index (χ0v) is 8.13. The molecular formula is C12H11NO2. The second kappa shape index (κ2) is 4.00. The molecule has 1 aromatic rings. The summed E-state index contributed by atoms with van der Waals surface area (Å²) >= 11 is 0. The first kappa shape index (κ1) is 9.52. The fourth-order valence-electron chi connectivity index (χ4n) is 1.56. The van der Waals surface area contributed by atoms with Crippen molar-refractivity contribution in [2.75, 3.05) is 6.54 Å². The molecule has 0 saturated carbocycles. The minimum absolute atomic E-state index is 0.413. The summed E-state index contributed by atoms with van der Waals surface area (Å²) in [5, 5.41) is 9.02. The third-order valence-electron chi connectivity index (χ3n) is 2.27. The maximum Gasteiger partial charge on any atom is 0.412 e. The van der Waals surface area contributed by atoms with Gasteiger partial charge in [0, 0.05) is 6.54 Å². The van der Waals surface area contributed by atoms with Gasteiger partial charge in [0.25, 0.3) is 0 Å². The topological polar surface area (TPSA) is 40.5 Å². The number of nitrogens with zero attached hydrogens (tertiary/aromatic N) is 1. The molecule has 0 unspecified atom stereocenters. The smallest absolute Gasteiger partial charge is 0.412 e. The Balaban J connectivity index is 2.38. The summed E-state index contributed by atoms with van der Waals surface area (Å²) in [6.07, 6.45) is 4.59. The molecule has 0 spiro atoms. The van der Waals surface area contributed by atoms with Gasteiger partial charge < -0.3 is 5.11 Å². The van der Waals surface area contributed by atoms with E-state index in [1.54, 1.807) is 0 Å². The molecule has 0 fully saturated rings. The van der Waals surface area contributed by atoms with Gasteiger partial charge in [-0.1, -0.05) is 42.5 Å². The number of amides is 1. The van der Waals surface area contributed by atoms with Crippen molar-refractivity contribution in [1.29, 1.82) is 0 Å². The van der Waals surface area contributed by atoms with E-state index in [0.29, 0.717) is 6.54 Å². The Morgan fingerprint density at radius 2 is 2.00 bits per heavy atom. The van der Waals surface area contributed by atoms with Gasteiger partial charge in [0.2, 0.25) is 0 Å². The molecule has 0 aliphatic carbocycles. The summed E-state index contributed by atoms with van der Waals surface area (Å²) in [5.41, 5.74) is 1.65. The van der Waals surface area contributed by atoms with E-state index in [1.807, 2.05) is 48.6 Å². The molecule has 1 amide bonds. The highest BCUT2D eigenvalue weighted by atomic mass is 16.4. The van der Waals surface area contributed by atoms with E-state index in [-0.39, 0.29) is 0 Å². The van der Waals surface area contributed by atoms with Crippen LogP contribution in [0, 0.1) is 0 Å². The quantitative estimate of drug-likeness (QED) is 0.758. The number of hydrogen-bond donors (Lipinski definition) is 1. The van der Waals surface area contributed by atoms with Gasteiger partial charge >= 0.3 is 6.09 Å². The highest BCUT2D eigenvalue weighted by Crippen LogP contribution is 2.21. The largest absolute Gasteiger partial charge is 0.465 e. The first-order valence-corrected chi connectivity index (χ1v) is 4.72. The summed E-state index contributed by atoms with van der Waals surface area (Å²) in [6, 6.07) is 9.51. The number of benzene rings is 1. The Bertz CT molecular complexity index is 421. The number of allylic oxidation sites excluding steroid dienone is 2. The minimum Gasteiger partial charge on any atom is -0.465 e. The monoisotopic (exact) mass is 201 g/mol. The molecule has 0 saturated heterocycles. The van der Waals surface area contributed by atoms with E-state index in [1.165, 1.54) is 4.90 Å². The van der Waals surface area contributed by atoms with Crippen LogP contribution in [0.3, 0.4) is 0 Å². The van der Waals surface area contributed by atoms with Crippen molar-refractivity contribution in [3.63, 3.8) is 0 Å². The van der Waals surface area contributed by atoms with Gasteiger partial charge in [0.05, 0.1) is 5.70 Å². The molecule has 15 heavy (non-hydrogen) atoms. The van der Waals surface area contributed by atoms with Gasteiger partial charge in [0.1, 0.15) is 0 Å². The Labute approximate surface area is 88.0 Å². The molecule has 0 atom stereocenters. The van der Waals surface area contributed by atoms with Crippen molar-refractivity contribution in [3.05, 3.63) is 54.1 Å². The predicted octanol–water partition coefficient (Wildman–Crippen LogP) is 2.58. The molecule has 1 aliphatic heterocycles. The standard InChI is InChI=1S/C12H11NO2/c14-12(15)13-9-5-4-8-11(13)10-6-2-1-3-7-10/h1-8H,9H2,(H,14,15). The lowest BCUT2D eigenvalue weighted by Gasteiger charge is -2.23. The predicted molar refractivity (Wildman–Crippen MR) is 58.3 cm³/mol. The zero-order chi connectivity index (χ0) is 10.7. The van der Waals surface area contributed by atoms with Crippen molar-refractivity contribution in [2.45, 2.75) is 0 Å². The van der Waals surface area contributed by atoms with Gasteiger partial charge in [-0.3, -0.25) is 4.90 Å². The van der Waals surface area contributed by atoms with E-state index >= 15 is 0 Å². The fraction of sp³-hybridized carbons (Fsp3) is 0.0833. The molecule has 1 aromatic carbocycles. The van der Waals surface area contributed by atoms with Crippen LogP contribution >= 0.6 is 0 Å². The third kappa shape index (κ3) is 1.91. The van der Waals surface area contributed by atoms with Crippen molar-refractivity contribution >= 4 is 11.8 Å². The molecule has 76 valence electrons. The van der Waals surface area contributed by atoms with Crippen LogP contribution in [0.15, 0.2) is 48.6 Å². The maximum absolute atomic E-state index is 11.0. The molecule has 1 aliphatic rings. The van der Waals surface area contributed by atoms with Crippen LogP contribution in [0.2, 0.25) is 0 Å². The average molecular weight is 201 g/mol. The van der Waals surface area contributed by atoms with Crippen LogP contribution in [-0.2, 0) is 0 Å². The SMILES string of the molecule is O=C(O)N1CC=CC=C1c1ccccc1. The highest BCUT2D eigenvalue weighted by Gasteiger charge is 2.18. The normalized spacial score (nSPS) is 14.9. The van der Waals surface area contributed by atoms with Crippen LogP contribution in [0.25, 0.3) is 5.70 Å². The van der Waals surface area contributed by atoms with Crippen LogP contribution < -0.4 is 0 Å². The van der Waals surface area contributed by atoms with E-state index in [2.05, 4.69) is 0 Å². The second-order valence-electron chi connectivity index (χ2n) is 3.24. The summed E-state index contributed by atoms with van der Waals surface area (Å²) in [7, 11) is 0. The van der Waals surface area contributed by atoms with E-state index < -0.39 is 6.09 Å². The number of carboxylic acid groups (broad SMARTS) is 1. The first-order valence-electron chi connectivity index (χ1n) is 4.72. The van der Waals surface area contributed by atoms with Crippen molar-refractivity contribution in [2.24, 2.45) is 0 Å². The van der Waals surface area contributed by atoms with Crippen molar-refractivity contribution < 1.29 is 9.90 Å². The maximum atomic E-state index is 11.0. The van der Waals surface area contributed by atoms with Crippen LogP contribution in [0.5, 0.6) is 0 Å². The molecule has 0 bridgehead atoms. The van der Waals surface area contributed by atoms with E-state index in [0.717, 1.165) is 11.3 Å². The Morgan fingerprint density at radius 3 is 2.67 bits per heavy atom. The summed E-state index contributed by atoms with van der Waals surface area (Å²) in [5.74, 6) is 0. The van der Waals surface area contributed by atoms with Gasteiger partial charge in [-0.2, -0.15) is 0 Å². The molecule has 2 rings (SSSR count). The van der Waals surface area contributed by atoms with E-state index in [9.17, 15) is 4.79 Å². The number of hydrogen-bond acceptors (Lipinski definition) is 1. The van der Waals surface area contributed by atoms with E-state index in [4.69, 9.17) is 5.11 Å². The lowest BCUT2D eigenvalue weighted by atomic mass is 10.1. The molecule has 1 heterocycles. The molecule has 3 heteroatoms. The summed E-state index contributed by atoms with van der Waals surface area (Å²) < 4.78 is 0. The molecule has 3 nitrogen and oxygen atoms in total. The number of carbonyl (C=O) groups is 1. The molecule has 0 aromatic heterocycles. The summed E-state index contributed by atoms with van der Waals surface area (Å²) in [4.78, 5) is 12.3. The summed E-state index contributed by atoms with van der Waals surface area (Å²) in [6.45, 7) is 0.413. The lowest BCUT2D eigenvalue weighted by molar-refractivity contribution is 0.169. The average Bonchev–Trinajstić information content (AvgIpc) is 2.30. The Morgan fingerprint density at radius 1 is 1.27 bits per heavy atom. The number of rotatable bonds is 1. The Hall–Kier alpha value is -2.03. The Kier molecular flexibility index (Phi) is 2.54. The van der Waals surface area contributed by atoms with Gasteiger partial charge in [0.15, 0.2) is 0 Å². The van der Waals surface area contributed by atoms with Crippen molar-refractivity contribution in [3.8, 4) is 0 Å². The molecule has 1 N–H and O–H groups in total. The van der Waals surface area contributed by atoms with Crippen LogP contribution in [0.1, 0.15) is 5.56 Å². The highest BCUT2D eigenvalue weighted by molar-refractivity contribution is 5.82. The zero-order valence-electron chi connectivity index (χ0n) is 8.13. The molecular weight excluding hydrogens is 190 g/mol. The van der Waals surface area contributed by atoms with Crippen LogP contribution in [0.4, 0.5) is 4.79 Å². The fourth-order valence-corrected chi connectivity index (χ4v) is 1.56.